The lowest BCUT2D eigenvalue weighted by molar-refractivity contribution is 0.0997. The predicted octanol–water partition coefficient (Wildman–Crippen LogP) is 1.04. The fraction of sp³-hybridized carbons (Fsp3) is 0.273. The standard InChI is InChI=1S/C11H14FN3O3/c1-6-4-8(14-18)9(13-11(6)17)10(16)7(12)5-15(2)3/h4-5,14,18H,1-3H3,(H,13,17). The molecule has 18 heavy (non-hydrogen) atoms. The van der Waals surface area contributed by atoms with E-state index in [4.69, 9.17) is 5.21 Å². The summed E-state index contributed by atoms with van der Waals surface area (Å²) in [5, 5.41) is 8.87. The second kappa shape index (κ2) is 5.46. The highest BCUT2D eigenvalue weighted by molar-refractivity contribution is 6.09. The fourth-order valence-corrected chi connectivity index (χ4v) is 1.31. The Kier molecular flexibility index (Phi) is 4.22. The number of nitrogens with zero attached hydrogens (tertiary/aromatic N) is 1. The topological polar surface area (TPSA) is 85.4 Å². The van der Waals surface area contributed by atoms with Crippen LogP contribution in [0.4, 0.5) is 10.1 Å². The van der Waals surface area contributed by atoms with Crippen molar-refractivity contribution in [3.63, 3.8) is 0 Å². The van der Waals surface area contributed by atoms with E-state index >= 15 is 0 Å². The van der Waals surface area contributed by atoms with Gasteiger partial charge in [0, 0.05) is 25.9 Å². The van der Waals surface area contributed by atoms with Crippen LogP contribution >= 0.6 is 0 Å². The van der Waals surface area contributed by atoms with Gasteiger partial charge in [0.25, 0.3) is 5.56 Å². The molecule has 0 aliphatic heterocycles. The van der Waals surface area contributed by atoms with Gasteiger partial charge >= 0.3 is 0 Å². The summed E-state index contributed by atoms with van der Waals surface area (Å²) < 4.78 is 13.5. The number of halogens is 1. The summed E-state index contributed by atoms with van der Waals surface area (Å²) in [6.45, 7) is 1.50. The molecule has 0 aromatic carbocycles. The van der Waals surface area contributed by atoms with E-state index in [1.54, 1.807) is 19.6 Å². The molecule has 1 rings (SSSR count). The quantitative estimate of drug-likeness (QED) is 0.425. The number of aryl methyl sites for hydroxylation is 1. The zero-order valence-electron chi connectivity index (χ0n) is 10.2. The normalized spacial score (nSPS) is 11.3. The maximum absolute atomic E-state index is 13.5. The Hall–Kier alpha value is -2.15. The van der Waals surface area contributed by atoms with Crippen LogP contribution in [0.1, 0.15) is 16.1 Å². The second-order valence-corrected chi connectivity index (χ2v) is 3.95. The van der Waals surface area contributed by atoms with Crippen LogP contribution in [0.2, 0.25) is 0 Å². The molecule has 0 spiro atoms. The lowest BCUT2D eigenvalue weighted by Gasteiger charge is -2.08. The number of Topliss-reactive ketones (excluding diaryl/α,β-unsaturated/α-hetero) is 1. The van der Waals surface area contributed by atoms with Gasteiger partial charge in [-0.05, 0) is 13.0 Å². The molecule has 0 aliphatic rings. The maximum Gasteiger partial charge on any atom is 0.251 e. The Morgan fingerprint density at radius 3 is 2.67 bits per heavy atom. The number of H-pyrrole nitrogens is 1. The van der Waals surface area contributed by atoms with Crippen LogP contribution in [0.25, 0.3) is 0 Å². The number of aromatic amines is 1. The molecule has 0 amide bonds. The lowest BCUT2D eigenvalue weighted by atomic mass is 10.1. The number of nitrogens with one attached hydrogen (secondary N) is 2. The van der Waals surface area contributed by atoms with Crippen molar-refractivity contribution in [2.75, 3.05) is 19.6 Å². The zero-order chi connectivity index (χ0) is 13.9. The highest BCUT2D eigenvalue weighted by Crippen LogP contribution is 2.16. The number of allylic oxidation sites excluding steroid dienone is 1. The maximum atomic E-state index is 13.5. The molecule has 1 aromatic rings. The third-order valence-electron chi connectivity index (χ3n) is 2.16. The van der Waals surface area contributed by atoms with Gasteiger partial charge in [0.05, 0.1) is 5.69 Å². The summed E-state index contributed by atoms with van der Waals surface area (Å²) in [7, 11) is 3.10. The minimum absolute atomic E-state index is 0.0561. The Morgan fingerprint density at radius 2 is 2.17 bits per heavy atom. The average Bonchev–Trinajstić information content (AvgIpc) is 2.30. The molecule has 0 aliphatic carbocycles. The van der Waals surface area contributed by atoms with Crippen molar-refractivity contribution < 1.29 is 14.4 Å². The molecule has 0 radical (unpaired) electrons. The predicted molar refractivity (Wildman–Crippen MR) is 64.4 cm³/mol. The van der Waals surface area contributed by atoms with E-state index in [0.717, 1.165) is 6.20 Å². The molecule has 1 heterocycles. The van der Waals surface area contributed by atoms with E-state index < -0.39 is 17.2 Å². The molecule has 6 nitrogen and oxygen atoms in total. The van der Waals surface area contributed by atoms with Gasteiger partial charge in [0.2, 0.25) is 5.78 Å². The highest BCUT2D eigenvalue weighted by atomic mass is 19.1. The summed E-state index contributed by atoms with van der Waals surface area (Å²) in [5.41, 5.74) is 1.14. The Labute approximate surface area is 103 Å². The molecule has 98 valence electrons. The number of anilines is 1. The molecular formula is C11H14FN3O3. The summed E-state index contributed by atoms with van der Waals surface area (Å²) >= 11 is 0. The molecule has 0 saturated heterocycles. The van der Waals surface area contributed by atoms with Crippen molar-refractivity contribution in [3.05, 3.63) is 39.7 Å². The number of hydrogen-bond acceptors (Lipinski definition) is 5. The van der Waals surface area contributed by atoms with Crippen molar-refractivity contribution in [1.82, 2.24) is 9.88 Å². The molecule has 3 N–H and O–H groups in total. The summed E-state index contributed by atoms with van der Waals surface area (Å²) in [6.07, 6.45) is 0.974. The first-order chi connectivity index (χ1) is 8.36. The molecule has 1 aromatic heterocycles. The number of carbonyl (C=O) groups excluding carboxylic acids is 1. The van der Waals surface area contributed by atoms with Crippen LogP contribution in [0.3, 0.4) is 0 Å². The molecule has 0 bridgehead atoms. The third-order valence-corrected chi connectivity index (χ3v) is 2.16. The van der Waals surface area contributed by atoms with E-state index in [-0.39, 0.29) is 11.4 Å². The van der Waals surface area contributed by atoms with E-state index in [1.807, 2.05) is 0 Å². The molecular weight excluding hydrogens is 241 g/mol. The Balaban J connectivity index is 3.29. The highest BCUT2D eigenvalue weighted by Gasteiger charge is 2.18. The van der Waals surface area contributed by atoms with Gasteiger partial charge < -0.3 is 9.88 Å². The number of rotatable bonds is 4. The van der Waals surface area contributed by atoms with Crippen molar-refractivity contribution >= 4 is 11.5 Å². The summed E-state index contributed by atoms with van der Waals surface area (Å²) in [5.74, 6) is -2.06. The van der Waals surface area contributed by atoms with Crippen LogP contribution in [0.15, 0.2) is 22.9 Å². The number of ketones is 1. The van der Waals surface area contributed by atoms with Crippen LogP contribution in [0.5, 0.6) is 0 Å². The van der Waals surface area contributed by atoms with Gasteiger partial charge in [-0.2, -0.15) is 0 Å². The molecule has 0 unspecified atom stereocenters. The van der Waals surface area contributed by atoms with Gasteiger partial charge in [-0.25, -0.2) is 4.39 Å². The summed E-state index contributed by atoms with van der Waals surface area (Å²) in [4.78, 5) is 26.7. The van der Waals surface area contributed by atoms with E-state index in [0.29, 0.717) is 5.56 Å². The Morgan fingerprint density at radius 1 is 1.56 bits per heavy atom. The van der Waals surface area contributed by atoms with Crippen molar-refractivity contribution in [2.24, 2.45) is 0 Å². The SMILES string of the molecule is Cc1cc(NO)c(C(=O)C(F)=CN(C)C)[nH]c1=O. The minimum Gasteiger partial charge on any atom is -0.381 e. The lowest BCUT2D eigenvalue weighted by Crippen LogP contribution is -2.18. The number of carbonyl (C=O) groups is 1. The van der Waals surface area contributed by atoms with Gasteiger partial charge in [0.1, 0.15) is 5.69 Å². The first-order valence-electron chi connectivity index (χ1n) is 5.09. The smallest absolute Gasteiger partial charge is 0.251 e. The van der Waals surface area contributed by atoms with Crippen molar-refractivity contribution in [3.8, 4) is 0 Å². The van der Waals surface area contributed by atoms with Gasteiger partial charge in [0.15, 0.2) is 5.83 Å². The minimum atomic E-state index is -1.05. The van der Waals surface area contributed by atoms with E-state index in [9.17, 15) is 14.0 Å². The second-order valence-electron chi connectivity index (χ2n) is 3.95. The van der Waals surface area contributed by atoms with Crippen LogP contribution < -0.4 is 11.0 Å². The average molecular weight is 255 g/mol. The Bertz CT molecular complexity index is 549. The largest absolute Gasteiger partial charge is 0.381 e. The first-order valence-corrected chi connectivity index (χ1v) is 5.09. The monoisotopic (exact) mass is 255 g/mol. The summed E-state index contributed by atoms with van der Waals surface area (Å²) in [6, 6.07) is 1.26. The fourth-order valence-electron chi connectivity index (χ4n) is 1.31. The number of pyridine rings is 1. The third kappa shape index (κ3) is 2.95. The van der Waals surface area contributed by atoms with E-state index in [2.05, 4.69) is 4.98 Å². The van der Waals surface area contributed by atoms with Crippen LogP contribution in [0, 0.1) is 6.92 Å². The van der Waals surface area contributed by atoms with Crippen molar-refractivity contribution in [2.45, 2.75) is 6.92 Å². The molecule has 0 saturated carbocycles. The van der Waals surface area contributed by atoms with Gasteiger partial charge in [-0.15, -0.1) is 0 Å². The molecule has 0 atom stereocenters. The van der Waals surface area contributed by atoms with Crippen LogP contribution in [-0.4, -0.2) is 35.0 Å². The van der Waals surface area contributed by atoms with Gasteiger partial charge in [-0.3, -0.25) is 20.3 Å². The molecule has 7 heteroatoms. The number of aromatic nitrogens is 1. The van der Waals surface area contributed by atoms with Crippen molar-refractivity contribution in [1.29, 1.82) is 0 Å². The van der Waals surface area contributed by atoms with Gasteiger partial charge in [-0.1, -0.05) is 0 Å². The zero-order valence-corrected chi connectivity index (χ0v) is 10.2. The van der Waals surface area contributed by atoms with Crippen LogP contribution in [-0.2, 0) is 0 Å². The first kappa shape index (κ1) is 13.9. The molecule has 0 fully saturated rings. The van der Waals surface area contributed by atoms with E-state index in [1.165, 1.54) is 17.9 Å². The number of hydrogen-bond donors (Lipinski definition) is 3.